The van der Waals surface area contributed by atoms with Gasteiger partial charge in [-0.05, 0) is 25.0 Å². The summed E-state index contributed by atoms with van der Waals surface area (Å²) in [7, 11) is 0. The molecule has 0 aliphatic heterocycles. The van der Waals surface area contributed by atoms with Crippen molar-refractivity contribution >= 4 is 17.7 Å². The van der Waals surface area contributed by atoms with E-state index in [1.807, 2.05) is 30.3 Å². The summed E-state index contributed by atoms with van der Waals surface area (Å²) in [6.07, 6.45) is 2.13. The number of hydrogen-bond donors (Lipinski definition) is 2. The molecule has 1 amide bonds. The van der Waals surface area contributed by atoms with Crippen molar-refractivity contribution in [3.8, 4) is 0 Å². The number of carbonyl (C=O) groups is 1. The molecule has 1 aromatic carbocycles. The molecule has 1 rings (SSSR count). The molecule has 0 aliphatic carbocycles. The van der Waals surface area contributed by atoms with Gasteiger partial charge >= 0.3 is 0 Å². The largest absolute Gasteiger partial charge is 0.396 e. The monoisotopic (exact) mass is 253 g/mol. The molecule has 0 saturated carbocycles. The van der Waals surface area contributed by atoms with Crippen molar-refractivity contribution in [3.63, 3.8) is 0 Å². The maximum Gasteiger partial charge on any atom is 0.220 e. The van der Waals surface area contributed by atoms with E-state index >= 15 is 0 Å². The highest BCUT2D eigenvalue weighted by molar-refractivity contribution is 7.99. The predicted molar refractivity (Wildman–Crippen MR) is 71.1 cm³/mol. The summed E-state index contributed by atoms with van der Waals surface area (Å²) in [4.78, 5) is 12.6. The van der Waals surface area contributed by atoms with Crippen LogP contribution in [0, 0.1) is 0 Å². The average molecular weight is 253 g/mol. The molecular formula is C13H19NO2S. The lowest BCUT2D eigenvalue weighted by Crippen LogP contribution is -2.24. The second kappa shape index (κ2) is 9.07. The van der Waals surface area contributed by atoms with Gasteiger partial charge in [-0.1, -0.05) is 18.2 Å². The topological polar surface area (TPSA) is 49.3 Å². The van der Waals surface area contributed by atoms with E-state index in [0.717, 1.165) is 18.6 Å². The number of unbranched alkanes of at least 4 members (excludes halogenated alkanes) is 1. The first-order valence-electron chi connectivity index (χ1n) is 5.88. The molecule has 17 heavy (non-hydrogen) atoms. The number of aliphatic hydroxyl groups is 1. The predicted octanol–water partition coefficient (Wildman–Crippen LogP) is 2.06. The fourth-order valence-corrected chi connectivity index (χ4v) is 2.20. The number of benzene rings is 1. The van der Waals surface area contributed by atoms with Crippen LogP contribution in [0.4, 0.5) is 0 Å². The number of nitrogens with one attached hydrogen (secondary N) is 1. The third kappa shape index (κ3) is 7.02. The Morgan fingerprint density at radius 2 is 2.00 bits per heavy atom. The maximum absolute atomic E-state index is 11.4. The Kier molecular flexibility index (Phi) is 7.51. The van der Waals surface area contributed by atoms with Gasteiger partial charge in [0.1, 0.15) is 0 Å². The first-order valence-corrected chi connectivity index (χ1v) is 6.87. The summed E-state index contributed by atoms with van der Waals surface area (Å²) in [6.45, 7) is 0.856. The van der Waals surface area contributed by atoms with Crippen molar-refractivity contribution in [1.82, 2.24) is 5.32 Å². The van der Waals surface area contributed by atoms with E-state index in [2.05, 4.69) is 5.32 Å². The van der Waals surface area contributed by atoms with Crippen molar-refractivity contribution in [2.75, 3.05) is 18.9 Å². The van der Waals surface area contributed by atoms with Crippen LogP contribution in [0.15, 0.2) is 35.2 Å². The molecule has 1 aromatic rings. The fraction of sp³-hybridized carbons (Fsp3) is 0.462. The quantitative estimate of drug-likeness (QED) is 0.551. The van der Waals surface area contributed by atoms with Crippen LogP contribution in [0.25, 0.3) is 0 Å². The number of rotatable bonds is 8. The van der Waals surface area contributed by atoms with Crippen LogP contribution in [0.5, 0.6) is 0 Å². The minimum absolute atomic E-state index is 0.0892. The highest BCUT2D eigenvalue weighted by Gasteiger charge is 2.00. The van der Waals surface area contributed by atoms with Gasteiger partial charge in [0.05, 0.1) is 0 Å². The van der Waals surface area contributed by atoms with Crippen LogP contribution in [-0.2, 0) is 4.79 Å². The van der Waals surface area contributed by atoms with Gasteiger partial charge in [-0.3, -0.25) is 4.79 Å². The van der Waals surface area contributed by atoms with Crippen LogP contribution < -0.4 is 5.32 Å². The Bertz CT molecular complexity index is 316. The number of thioether (sulfide) groups is 1. The highest BCUT2D eigenvalue weighted by atomic mass is 32.2. The second-order valence-electron chi connectivity index (χ2n) is 3.69. The SMILES string of the molecule is O=C(CCSc1ccccc1)NCCCCO. The molecule has 2 N–H and O–H groups in total. The van der Waals surface area contributed by atoms with E-state index in [1.54, 1.807) is 11.8 Å². The Morgan fingerprint density at radius 3 is 2.71 bits per heavy atom. The lowest BCUT2D eigenvalue weighted by atomic mass is 10.3. The Balaban J connectivity index is 2.04. The number of amides is 1. The molecule has 0 aromatic heterocycles. The average Bonchev–Trinajstić information content (AvgIpc) is 2.36. The molecule has 0 bridgehead atoms. The summed E-state index contributed by atoms with van der Waals surface area (Å²) in [5, 5.41) is 11.4. The molecule has 94 valence electrons. The van der Waals surface area contributed by atoms with Gasteiger partial charge in [0.15, 0.2) is 0 Å². The van der Waals surface area contributed by atoms with Crippen LogP contribution in [0.2, 0.25) is 0 Å². The van der Waals surface area contributed by atoms with E-state index in [0.29, 0.717) is 13.0 Å². The van der Waals surface area contributed by atoms with Crippen molar-refractivity contribution < 1.29 is 9.90 Å². The molecule has 4 heteroatoms. The van der Waals surface area contributed by atoms with Gasteiger partial charge in [0.25, 0.3) is 0 Å². The zero-order valence-corrected chi connectivity index (χ0v) is 10.7. The highest BCUT2D eigenvalue weighted by Crippen LogP contribution is 2.17. The Labute approximate surface area is 107 Å². The standard InChI is InChI=1S/C13H19NO2S/c15-10-5-4-9-14-13(16)8-11-17-12-6-2-1-3-7-12/h1-3,6-7,15H,4-5,8-11H2,(H,14,16). The second-order valence-corrected chi connectivity index (χ2v) is 4.86. The van der Waals surface area contributed by atoms with Crippen molar-refractivity contribution in [2.24, 2.45) is 0 Å². The molecule has 3 nitrogen and oxygen atoms in total. The van der Waals surface area contributed by atoms with Crippen LogP contribution in [-0.4, -0.2) is 29.9 Å². The van der Waals surface area contributed by atoms with Crippen LogP contribution >= 0.6 is 11.8 Å². The lowest BCUT2D eigenvalue weighted by Gasteiger charge is -2.04. The zero-order valence-electron chi connectivity index (χ0n) is 9.89. The summed E-state index contributed by atoms with van der Waals surface area (Å²) in [6, 6.07) is 10.1. The first kappa shape index (κ1) is 14.1. The van der Waals surface area contributed by atoms with Gasteiger partial charge in [0.2, 0.25) is 5.91 Å². The fourth-order valence-electron chi connectivity index (χ4n) is 1.33. The Hall–Kier alpha value is -1.00. The maximum atomic E-state index is 11.4. The molecule has 0 spiro atoms. The molecule has 0 unspecified atom stereocenters. The smallest absolute Gasteiger partial charge is 0.220 e. The summed E-state index contributed by atoms with van der Waals surface area (Å²) in [5.74, 6) is 0.891. The normalized spacial score (nSPS) is 10.2. The molecule has 0 fully saturated rings. The van der Waals surface area contributed by atoms with E-state index in [4.69, 9.17) is 5.11 Å². The minimum Gasteiger partial charge on any atom is -0.396 e. The number of hydrogen-bond acceptors (Lipinski definition) is 3. The Morgan fingerprint density at radius 1 is 1.24 bits per heavy atom. The number of carbonyl (C=O) groups excluding carboxylic acids is 1. The van der Waals surface area contributed by atoms with Crippen LogP contribution in [0.3, 0.4) is 0 Å². The first-order chi connectivity index (χ1) is 8.33. The third-order valence-corrected chi connectivity index (χ3v) is 3.26. The van der Waals surface area contributed by atoms with Crippen molar-refractivity contribution in [2.45, 2.75) is 24.2 Å². The lowest BCUT2D eigenvalue weighted by molar-refractivity contribution is -0.120. The van der Waals surface area contributed by atoms with E-state index in [1.165, 1.54) is 4.90 Å². The minimum atomic E-state index is 0.0892. The van der Waals surface area contributed by atoms with Crippen LogP contribution in [0.1, 0.15) is 19.3 Å². The van der Waals surface area contributed by atoms with E-state index < -0.39 is 0 Å². The molecule has 0 radical (unpaired) electrons. The molecular weight excluding hydrogens is 234 g/mol. The number of aliphatic hydroxyl groups excluding tert-OH is 1. The van der Waals surface area contributed by atoms with Crippen molar-refractivity contribution in [1.29, 1.82) is 0 Å². The van der Waals surface area contributed by atoms with Gasteiger partial charge in [-0.2, -0.15) is 0 Å². The third-order valence-electron chi connectivity index (χ3n) is 2.25. The summed E-state index contributed by atoms with van der Waals surface area (Å²) in [5.41, 5.74) is 0. The van der Waals surface area contributed by atoms with Gasteiger partial charge in [-0.25, -0.2) is 0 Å². The molecule has 0 atom stereocenters. The molecule has 0 aliphatic rings. The van der Waals surface area contributed by atoms with Gasteiger partial charge in [0, 0.05) is 30.2 Å². The molecule has 0 saturated heterocycles. The summed E-state index contributed by atoms with van der Waals surface area (Å²) >= 11 is 1.69. The van der Waals surface area contributed by atoms with Gasteiger partial charge in [-0.15, -0.1) is 11.8 Å². The molecule has 0 heterocycles. The van der Waals surface area contributed by atoms with E-state index in [-0.39, 0.29) is 12.5 Å². The van der Waals surface area contributed by atoms with Gasteiger partial charge < -0.3 is 10.4 Å². The van der Waals surface area contributed by atoms with Crippen molar-refractivity contribution in [3.05, 3.63) is 30.3 Å². The zero-order chi connectivity index (χ0) is 12.3. The van der Waals surface area contributed by atoms with E-state index in [9.17, 15) is 4.79 Å². The summed E-state index contributed by atoms with van der Waals surface area (Å²) < 4.78 is 0.